The summed E-state index contributed by atoms with van der Waals surface area (Å²) in [6, 6.07) is 0. The average Bonchev–Trinajstić information content (AvgIpc) is 3.09. The smallest absolute Gasteiger partial charge is 0.222 e. The molecule has 2 rings (SSSR count). The molecule has 112 valence electrons. The molecule has 0 bridgehead atoms. The van der Waals surface area contributed by atoms with Crippen LogP contribution in [0.4, 0.5) is 0 Å². The van der Waals surface area contributed by atoms with Gasteiger partial charge in [-0.2, -0.15) is 0 Å². The number of β-amino-alcohol motifs (C(OH)–C–C–N with tert-alkyl or cyclic N) is 1. The Bertz CT molecular complexity index is 438. The third kappa shape index (κ3) is 3.56. The molecule has 0 radical (unpaired) electrons. The molecule has 0 aliphatic carbocycles. The van der Waals surface area contributed by atoms with Crippen molar-refractivity contribution >= 4 is 17.2 Å². The predicted molar refractivity (Wildman–Crippen MR) is 79.6 cm³/mol. The second-order valence-electron chi connectivity index (χ2n) is 5.50. The van der Waals surface area contributed by atoms with Crippen LogP contribution in [0, 0.1) is 0 Å². The molecular formula is C14H23N3O2S. The van der Waals surface area contributed by atoms with E-state index >= 15 is 0 Å². The number of likely N-dealkylation sites (tertiary alicyclic amines) is 1. The highest BCUT2D eigenvalue weighted by molar-refractivity contribution is 7.09. The Kier molecular flexibility index (Phi) is 5.12. The first kappa shape index (κ1) is 15.4. The van der Waals surface area contributed by atoms with Crippen LogP contribution in [0.25, 0.3) is 0 Å². The van der Waals surface area contributed by atoms with Gasteiger partial charge < -0.3 is 15.3 Å². The van der Waals surface area contributed by atoms with Crippen molar-refractivity contribution in [3.05, 3.63) is 16.6 Å². The lowest BCUT2D eigenvalue weighted by atomic mass is 9.99. The van der Waals surface area contributed by atoms with Gasteiger partial charge in [0.15, 0.2) is 0 Å². The first-order valence-corrected chi connectivity index (χ1v) is 8.04. The molecule has 1 aromatic rings. The third-order valence-electron chi connectivity index (χ3n) is 3.94. The van der Waals surface area contributed by atoms with Gasteiger partial charge in [-0.05, 0) is 19.8 Å². The molecule has 0 aromatic carbocycles. The van der Waals surface area contributed by atoms with Gasteiger partial charge in [-0.15, -0.1) is 11.3 Å². The zero-order valence-electron chi connectivity index (χ0n) is 12.1. The number of rotatable bonds is 7. The number of aromatic nitrogens is 1. The summed E-state index contributed by atoms with van der Waals surface area (Å²) < 4.78 is 0. The first-order valence-electron chi connectivity index (χ1n) is 7.16. The van der Waals surface area contributed by atoms with E-state index in [1.807, 2.05) is 5.38 Å². The minimum atomic E-state index is -0.539. The minimum absolute atomic E-state index is 0.155. The lowest BCUT2D eigenvalue weighted by Gasteiger charge is -2.29. The fraction of sp³-hybridized carbons (Fsp3) is 0.714. The maximum absolute atomic E-state index is 11.5. The number of amides is 1. The number of nitrogens with one attached hydrogen (secondary N) is 1. The molecule has 1 amide bonds. The molecule has 2 N–H and O–H groups in total. The van der Waals surface area contributed by atoms with Crippen molar-refractivity contribution in [1.82, 2.24) is 15.2 Å². The summed E-state index contributed by atoms with van der Waals surface area (Å²) in [6.07, 6.45) is 3.68. The lowest BCUT2D eigenvalue weighted by Crippen LogP contribution is -2.46. The molecule has 1 aromatic heterocycles. The van der Waals surface area contributed by atoms with Crippen LogP contribution in [0.3, 0.4) is 0 Å². The van der Waals surface area contributed by atoms with E-state index in [0.29, 0.717) is 19.5 Å². The van der Waals surface area contributed by atoms with Gasteiger partial charge >= 0.3 is 0 Å². The predicted octanol–water partition coefficient (Wildman–Crippen LogP) is 1.34. The Morgan fingerprint density at radius 3 is 3.00 bits per heavy atom. The number of aliphatic hydroxyl groups is 1. The second kappa shape index (κ2) is 6.65. The van der Waals surface area contributed by atoms with Crippen LogP contribution in [-0.4, -0.2) is 46.6 Å². The van der Waals surface area contributed by atoms with Crippen LogP contribution in [-0.2, 0) is 10.3 Å². The van der Waals surface area contributed by atoms with E-state index in [1.165, 1.54) is 0 Å². The number of carbonyl (C=O) groups is 1. The largest absolute Gasteiger partial charge is 0.390 e. The van der Waals surface area contributed by atoms with Gasteiger partial charge in [-0.25, -0.2) is 4.98 Å². The maximum atomic E-state index is 11.5. The van der Waals surface area contributed by atoms with Crippen LogP contribution in [0.15, 0.2) is 11.6 Å². The van der Waals surface area contributed by atoms with E-state index in [1.54, 1.807) is 22.4 Å². The third-order valence-corrected chi connectivity index (χ3v) is 4.98. The number of thiazole rings is 1. The van der Waals surface area contributed by atoms with Crippen LogP contribution in [0.5, 0.6) is 0 Å². The standard InChI is InChI=1S/C14H23N3O2S/c1-3-14(2,13-15-6-8-20-13)16-9-11(18)10-17-7-4-5-12(17)19/h6,8,11,16,18H,3-5,7,9-10H2,1-2H3. The fourth-order valence-corrected chi connectivity index (χ4v) is 3.26. The Balaban J connectivity index is 1.85. The molecule has 5 nitrogen and oxygen atoms in total. The van der Waals surface area contributed by atoms with Crippen LogP contribution in [0.2, 0.25) is 0 Å². The average molecular weight is 297 g/mol. The molecule has 2 unspecified atom stereocenters. The number of nitrogens with zero attached hydrogens (tertiary/aromatic N) is 2. The zero-order chi connectivity index (χ0) is 14.6. The Hall–Kier alpha value is -0.980. The van der Waals surface area contributed by atoms with Crippen molar-refractivity contribution in [3.8, 4) is 0 Å². The van der Waals surface area contributed by atoms with Crippen LogP contribution in [0.1, 0.15) is 38.1 Å². The monoisotopic (exact) mass is 297 g/mol. The summed E-state index contributed by atoms with van der Waals surface area (Å²) >= 11 is 1.62. The molecule has 2 heterocycles. The minimum Gasteiger partial charge on any atom is -0.390 e. The molecular weight excluding hydrogens is 274 g/mol. The molecule has 0 saturated carbocycles. The number of hydrogen-bond donors (Lipinski definition) is 2. The van der Waals surface area contributed by atoms with E-state index in [0.717, 1.165) is 24.4 Å². The van der Waals surface area contributed by atoms with Gasteiger partial charge in [0, 0.05) is 37.6 Å². The fourth-order valence-electron chi connectivity index (χ4n) is 2.41. The molecule has 2 atom stereocenters. The van der Waals surface area contributed by atoms with Gasteiger partial charge in [0.05, 0.1) is 11.6 Å². The molecule has 1 saturated heterocycles. The van der Waals surface area contributed by atoms with Gasteiger partial charge in [-0.1, -0.05) is 6.92 Å². The molecule has 1 fully saturated rings. The van der Waals surface area contributed by atoms with Gasteiger partial charge in [-0.3, -0.25) is 4.79 Å². The van der Waals surface area contributed by atoms with Crippen molar-refractivity contribution in [2.45, 2.75) is 44.8 Å². The molecule has 20 heavy (non-hydrogen) atoms. The quantitative estimate of drug-likeness (QED) is 0.797. The normalized spacial score (nSPS) is 20.1. The SMILES string of the molecule is CCC(C)(NCC(O)CN1CCCC1=O)c1nccs1. The number of hydrogen-bond acceptors (Lipinski definition) is 5. The lowest BCUT2D eigenvalue weighted by molar-refractivity contribution is -0.128. The zero-order valence-corrected chi connectivity index (χ0v) is 12.9. The van der Waals surface area contributed by atoms with E-state index in [2.05, 4.69) is 24.1 Å². The maximum Gasteiger partial charge on any atom is 0.222 e. The summed E-state index contributed by atoms with van der Waals surface area (Å²) in [5, 5.41) is 16.5. The van der Waals surface area contributed by atoms with Gasteiger partial charge in [0.2, 0.25) is 5.91 Å². The topological polar surface area (TPSA) is 65.5 Å². The van der Waals surface area contributed by atoms with Gasteiger partial charge in [0.1, 0.15) is 5.01 Å². The Morgan fingerprint density at radius 1 is 1.65 bits per heavy atom. The van der Waals surface area contributed by atoms with Crippen molar-refractivity contribution in [3.63, 3.8) is 0 Å². The van der Waals surface area contributed by atoms with Crippen molar-refractivity contribution in [2.75, 3.05) is 19.6 Å². The molecule has 1 aliphatic rings. The Morgan fingerprint density at radius 2 is 2.45 bits per heavy atom. The summed E-state index contributed by atoms with van der Waals surface area (Å²) in [6.45, 7) is 5.86. The molecule has 1 aliphatic heterocycles. The highest BCUT2D eigenvalue weighted by atomic mass is 32.1. The molecule has 6 heteroatoms. The van der Waals surface area contributed by atoms with Crippen molar-refractivity contribution in [1.29, 1.82) is 0 Å². The Labute approximate surface area is 124 Å². The number of aliphatic hydroxyl groups excluding tert-OH is 1. The summed E-state index contributed by atoms with van der Waals surface area (Å²) in [4.78, 5) is 17.7. The highest BCUT2D eigenvalue weighted by Crippen LogP contribution is 2.26. The van der Waals surface area contributed by atoms with E-state index in [-0.39, 0.29) is 11.4 Å². The van der Waals surface area contributed by atoms with Crippen LogP contribution < -0.4 is 5.32 Å². The van der Waals surface area contributed by atoms with Gasteiger partial charge in [0.25, 0.3) is 0 Å². The van der Waals surface area contributed by atoms with Crippen molar-refractivity contribution in [2.24, 2.45) is 0 Å². The highest BCUT2D eigenvalue weighted by Gasteiger charge is 2.28. The summed E-state index contributed by atoms with van der Waals surface area (Å²) in [5.41, 5.74) is -0.218. The first-order chi connectivity index (χ1) is 9.55. The van der Waals surface area contributed by atoms with E-state index in [4.69, 9.17) is 0 Å². The molecule has 0 spiro atoms. The second-order valence-corrected chi connectivity index (χ2v) is 6.40. The van der Waals surface area contributed by atoms with E-state index in [9.17, 15) is 9.90 Å². The van der Waals surface area contributed by atoms with Crippen molar-refractivity contribution < 1.29 is 9.90 Å². The number of carbonyl (C=O) groups excluding carboxylic acids is 1. The summed E-state index contributed by atoms with van der Waals surface area (Å²) in [7, 11) is 0. The summed E-state index contributed by atoms with van der Waals surface area (Å²) in [5.74, 6) is 0.155. The van der Waals surface area contributed by atoms with E-state index < -0.39 is 6.10 Å². The van der Waals surface area contributed by atoms with Crippen LogP contribution >= 0.6 is 11.3 Å².